The van der Waals surface area contributed by atoms with Crippen molar-refractivity contribution in [2.24, 2.45) is 0 Å². The van der Waals surface area contributed by atoms with Crippen molar-refractivity contribution in [1.29, 1.82) is 0 Å². The highest BCUT2D eigenvalue weighted by atomic mass is 32.2. The van der Waals surface area contributed by atoms with Crippen LogP contribution < -0.4 is 0 Å². The Balaban J connectivity index is 1.68. The van der Waals surface area contributed by atoms with Crippen LogP contribution in [0.15, 0.2) is 59.8 Å². The lowest BCUT2D eigenvalue weighted by atomic mass is 10.1. The summed E-state index contributed by atoms with van der Waals surface area (Å²) in [6.07, 6.45) is 0. The first-order chi connectivity index (χ1) is 14.7. The van der Waals surface area contributed by atoms with Crippen molar-refractivity contribution in [2.45, 2.75) is 30.8 Å². The van der Waals surface area contributed by atoms with E-state index in [1.54, 1.807) is 0 Å². The molecule has 1 atom stereocenters. The van der Waals surface area contributed by atoms with Gasteiger partial charge in [-0.25, -0.2) is 0 Å². The molecule has 1 aliphatic heterocycles. The number of carbonyl (C=O) groups excluding carboxylic acids is 1. The van der Waals surface area contributed by atoms with Gasteiger partial charge in [0.05, 0.1) is 13.2 Å². The van der Waals surface area contributed by atoms with Gasteiger partial charge >= 0.3 is 0 Å². The molecule has 1 aliphatic rings. The second-order valence-corrected chi connectivity index (χ2v) is 8.28. The third-order valence-electron chi connectivity index (χ3n) is 5.29. The van der Waals surface area contributed by atoms with Gasteiger partial charge in [-0.15, -0.1) is 10.2 Å². The van der Waals surface area contributed by atoms with Crippen LogP contribution in [0.25, 0.3) is 11.4 Å². The zero-order chi connectivity index (χ0) is 20.9. The number of rotatable bonds is 6. The van der Waals surface area contributed by atoms with E-state index in [-0.39, 0.29) is 11.2 Å². The smallest absolute Gasteiger partial charge is 0.240 e. The molecule has 1 unspecified atom stereocenters. The Morgan fingerprint density at radius 1 is 1.07 bits per heavy atom. The second-order valence-electron chi connectivity index (χ2n) is 7.21. The van der Waals surface area contributed by atoms with Crippen LogP contribution in [-0.4, -0.2) is 51.9 Å². The van der Waals surface area contributed by atoms with Crippen LogP contribution in [0.3, 0.4) is 0 Å². The number of benzene rings is 2. The third kappa shape index (κ3) is 4.27. The number of aryl methyl sites for hydroxylation is 1. The van der Waals surface area contributed by atoms with Crippen LogP contribution in [0, 0.1) is 6.92 Å². The molecule has 2 heterocycles. The molecule has 6 nitrogen and oxygen atoms in total. The highest BCUT2D eigenvalue weighted by Gasteiger charge is 2.30. The lowest BCUT2D eigenvalue weighted by molar-refractivity contribution is -0.134. The molecule has 0 N–H and O–H groups in total. The molecule has 2 aromatic carbocycles. The SMILES string of the molecule is CCn1c(SC(C(=O)N2CCOCC2)c2ccccc2)nnc1-c1ccccc1C. The second kappa shape index (κ2) is 9.45. The molecule has 156 valence electrons. The van der Waals surface area contributed by atoms with Gasteiger partial charge in [0, 0.05) is 25.2 Å². The molecule has 1 amide bonds. The van der Waals surface area contributed by atoms with Crippen LogP contribution in [0.1, 0.15) is 23.3 Å². The highest BCUT2D eigenvalue weighted by Crippen LogP contribution is 2.37. The van der Waals surface area contributed by atoms with E-state index in [1.807, 2.05) is 47.4 Å². The summed E-state index contributed by atoms with van der Waals surface area (Å²) in [5, 5.41) is 9.35. The minimum Gasteiger partial charge on any atom is -0.378 e. The van der Waals surface area contributed by atoms with E-state index in [9.17, 15) is 4.79 Å². The fraction of sp³-hybridized carbons (Fsp3) is 0.348. The summed E-state index contributed by atoms with van der Waals surface area (Å²) >= 11 is 1.47. The van der Waals surface area contributed by atoms with Crippen molar-refractivity contribution in [3.63, 3.8) is 0 Å². The number of ether oxygens (including phenoxy) is 1. The molecule has 30 heavy (non-hydrogen) atoms. The van der Waals surface area contributed by atoms with Crippen molar-refractivity contribution in [3.8, 4) is 11.4 Å². The van der Waals surface area contributed by atoms with Gasteiger partial charge in [-0.1, -0.05) is 66.4 Å². The highest BCUT2D eigenvalue weighted by molar-refractivity contribution is 8.00. The van der Waals surface area contributed by atoms with Crippen molar-refractivity contribution in [1.82, 2.24) is 19.7 Å². The van der Waals surface area contributed by atoms with Gasteiger partial charge in [0.2, 0.25) is 5.91 Å². The molecule has 0 aliphatic carbocycles. The van der Waals surface area contributed by atoms with Gasteiger partial charge in [0.1, 0.15) is 5.25 Å². The lowest BCUT2D eigenvalue weighted by Gasteiger charge is -2.30. The average Bonchev–Trinajstić information content (AvgIpc) is 3.21. The van der Waals surface area contributed by atoms with E-state index in [4.69, 9.17) is 4.74 Å². The monoisotopic (exact) mass is 422 g/mol. The first-order valence-electron chi connectivity index (χ1n) is 10.3. The number of morpholine rings is 1. The Hall–Kier alpha value is -2.64. The fourth-order valence-corrected chi connectivity index (χ4v) is 4.81. The summed E-state index contributed by atoms with van der Waals surface area (Å²) in [4.78, 5) is 15.3. The van der Waals surface area contributed by atoms with Gasteiger partial charge in [-0.3, -0.25) is 4.79 Å². The van der Waals surface area contributed by atoms with Gasteiger partial charge < -0.3 is 14.2 Å². The van der Waals surface area contributed by atoms with Crippen LogP contribution in [0.4, 0.5) is 0 Å². The molecule has 1 saturated heterocycles. The number of hydrogen-bond donors (Lipinski definition) is 0. The van der Waals surface area contributed by atoms with Gasteiger partial charge in [-0.05, 0) is 25.0 Å². The van der Waals surface area contributed by atoms with E-state index in [1.165, 1.54) is 11.8 Å². The minimum absolute atomic E-state index is 0.0950. The summed E-state index contributed by atoms with van der Waals surface area (Å²) in [6, 6.07) is 18.1. The van der Waals surface area contributed by atoms with Gasteiger partial charge in [-0.2, -0.15) is 0 Å². The van der Waals surface area contributed by atoms with E-state index < -0.39 is 0 Å². The largest absolute Gasteiger partial charge is 0.378 e. The molecular weight excluding hydrogens is 396 g/mol. The maximum atomic E-state index is 13.4. The number of carbonyl (C=O) groups is 1. The molecule has 1 aromatic heterocycles. The Labute approximate surface area is 181 Å². The number of nitrogens with zero attached hydrogens (tertiary/aromatic N) is 4. The molecule has 3 aromatic rings. The minimum atomic E-state index is -0.372. The fourth-order valence-electron chi connectivity index (χ4n) is 3.63. The predicted octanol–water partition coefficient (Wildman–Crippen LogP) is 3.97. The van der Waals surface area contributed by atoms with Crippen molar-refractivity contribution in [3.05, 3.63) is 65.7 Å². The van der Waals surface area contributed by atoms with E-state index in [2.05, 4.69) is 40.7 Å². The summed E-state index contributed by atoms with van der Waals surface area (Å²) in [5.74, 6) is 0.932. The molecule has 0 saturated carbocycles. The van der Waals surface area contributed by atoms with Crippen molar-refractivity contribution < 1.29 is 9.53 Å². The van der Waals surface area contributed by atoms with Crippen molar-refractivity contribution in [2.75, 3.05) is 26.3 Å². The Kier molecular flexibility index (Phi) is 6.50. The van der Waals surface area contributed by atoms with Crippen LogP contribution in [-0.2, 0) is 16.1 Å². The normalized spacial score (nSPS) is 15.2. The summed E-state index contributed by atoms with van der Waals surface area (Å²) < 4.78 is 7.52. The quantitative estimate of drug-likeness (QED) is 0.563. The molecule has 4 rings (SSSR count). The summed E-state index contributed by atoms with van der Waals surface area (Å²) in [7, 11) is 0. The molecule has 1 fully saturated rings. The Morgan fingerprint density at radius 3 is 2.47 bits per heavy atom. The zero-order valence-electron chi connectivity index (χ0n) is 17.3. The number of amides is 1. The van der Waals surface area contributed by atoms with Gasteiger partial charge in [0.25, 0.3) is 0 Å². The first-order valence-corrected chi connectivity index (χ1v) is 11.1. The molecular formula is C23H26N4O2S. The maximum Gasteiger partial charge on any atom is 0.240 e. The van der Waals surface area contributed by atoms with E-state index >= 15 is 0 Å². The Bertz CT molecular complexity index is 999. The number of hydrogen-bond acceptors (Lipinski definition) is 5. The Morgan fingerprint density at radius 2 is 1.77 bits per heavy atom. The number of aromatic nitrogens is 3. The van der Waals surface area contributed by atoms with Crippen molar-refractivity contribution >= 4 is 17.7 Å². The lowest BCUT2D eigenvalue weighted by Crippen LogP contribution is -2.42. The predicted molar refractivity (Wildman–Crippen MR) is 118 cm³/mol. The van der Waals surface area contributed by atoms with E-state index in [0.29, 0.717) is 26.3 Å². The van der Waals surface area contributed by atoms with Crippen LogP contribution >= 0.6 is 11.8 Å². The standard InChI is InChI=1S/C23H26N4O2S/c1-3-27-21(19-12-8-7-9-17(19)2)24-25-23(27)30-20(18-10-5-4-6-11-18)22(28)26-13-15-29-16-14-26/h4-12,20H,3,13-16H2,1-2H3. The van der Waals surface area contributed by atoms with E-state index in [0.717, 1.165) is 34.2 Å². The van der Waals surface area contributed by atoms with Crippen LogP contribution in [0.5, 0.6) is 0 Å². The maximum absolute atomic E-state index is 13.4. The van der Waals surface area contributed by atoms with Gasteiger partial charge in [0.15, 0.2) is 11.0 Å². The number of thioether (sulfide) groups is 1. The average molecular weight is 423 g/mol. The molecule has 0 bridgehead atoms. The summed E-state index contributed by atoms with van der Waals surface area (Å²) in [5.41, 5.74) is 3.19. The topological polar surface area (TPSA) is 60.2 Å². The third-order valence-corrected chi connectivity index (χ3v) is 6.51. The molecule has 7 heteroatoms. The summed E-state index contributed by atoms with van der Waals surface area (Å²) in [6.45, 7) is 7.30. The zero-order valence-corrected chi connectivity index (χ0v) is 18.1. The first kappa shape index (κ1) is 20.6. The molecule has 0 radical (unpaired) electrons. The molecule has 0 spiro atoms. The van der Waals surface area contributed by atoms with Crippen LogP contribution in [0.2, 0.25) is 0 Å².